The minimum atomic E-state index is 0.868. The van der Waals surface area contributed by atoms with Gasteiger partial charge >= 0.3 is 0 Å². The molecule has 0 amide bonds. The number of nitrogens with one attached hydrogen (secondary N) is 1. The molecule has 0 radical (unpaired) electrons. The number of rotatable bonds is 0. The number of hydrogen-bond acceptors (Lipinski definition) is 1. The van der Waals surface area contributed by atoms with Gasteiger partial charge in [-0.2, -0.15) is 0 Å². The topological polar surface area (TPSA) is 28.7 Å². The molecule has 8 heavy (non-hydrogen) atoms. The molecule has 1 aromatic heterocycles. The number of hydrogen-bond donors (Lipinski definition) is 1. The molecule has 0 aliphatic rings. The Morgan fingerprint density at radius 1 is 1.75 bits per heavy atom. The molecule has 40 valence electrons. The van der Waals surface area contributed by atoms with Crippen molar-refractivity contribution in [3.05, 3.63) is 18.2 Å². The lowest BCUT2D eigenvalue weighted by molar-refractivity contribution is 1.30. The molecule has 0 atom stereocenters. The molecule has 1 rings (SSSR count). The van der Waals surface area contributed by atoms with Crippen molar-refractivity contribution in [3.8, 4) is 11.8 Å². The lowest BCUT2D eigenvalue weighted by atomic mass is 10.5. The molecular weight excluding hydrogens is 100 g/mol. The molecule has 1 N–H and O–H groups in total. The zero-order chi connectivity index (χ0) is 5.82. The first-order valence-electron chi connectivity index (χ1n) is 2.34. The minimum Gasteiger partial charge on any atom is -0.338 e. The van der Waals surface area contributed by atoms with Crippen molar-refractivity contribution < 1.29 is 0 Å². The van der Waals surface area contributed by atoms with Gasteiger partial charge in [0, 0.05) is 0 Å². The van der Waals surface area contributed by atoms with Crippen LogP contribution >= 0.6 is 0 Å². The van der Waals surface area contributed by atoms with Crippen LogP contribution in [-0.4, -0.2) is 9.97 Å². The van der Waals surface area contributed by atoms with Crippen LogP contribution in [0.15, 0.2) is 12.5 Å². The van der Waals surface area contributed by atoms with Gasteiger partial charge in [-0.3, -0.25) is 0 Å². The number of aromatic amines is 1. The third-order valence-electron chi connectivity index (χ3n) is 0.758. The van der Waals surface area contributed by atoms with E-state index >= 15 is 0 Å². The Morgan fingerprint density at radius 3 is 3.12 bits per heavy atom. The van der Waals surface area contributed by atoms with Crippen LogP contribution in [0, 0.1) is 11.8 Å². The van der Waals surface area contributed by atoms with E-state index in [2.05, 4.69) is 21.8 Å². The van der Waals surface area contributed by atoms with E-state index in [0.717, 1.165) is 5.69 Å². The van der Waals surface area contributed by atoms with Crippen molar-refractivity contribution in [2.24, 2.45) is 0 Å². The second-order valence-corrected chi connectivity index (χ2v) is 1.34. The van der Waals surface area contributed by atoms with Gasteiger partial charge in [0.05, 0.1) is 12.5 Å². The van der Waals surface area contributed by atoms with Gasteiger partial charge in [-0.1, -0.05) is 5.92 Å². The van der Waals surface area contributed by atoms with E-state index in [1.54, 1.807) is 19.4 Å². The highest BCUT2D eigenvalue weighted by molar-refractivity contribution is 5.23. The minimum absolute atomic E-state index is 0.868. The summed E-state index contributed by atoms with van der Waals surface area (Å²) in [6.45, 7) is 1.79. The average Bonchev–Trinajstić information content (AvgIpc) is 2.19. The summed E-state index contributed by atoms with van der Waals surface area (Å²) in [5, 5.41) is 0. The molecule has 0 unspecified atom stereocenters. The average molecular weight is 106 g/mol. The van der Waals surface area contributed by atoms with Crippen LogP contribution < -0.4 is 0 Å². The van der Waals surface area contributed by atoms with Crippen LogP contribution in [-0.2, 0) is 0 Å². The van der Waals surface area contributed by atoms with Crippen LogP contribution in [0.5, 0.6) is 0 Å². The number of H-pyrrole nitrogens is 1. The summed E-state index contributed by atoms with van der Waals surface area (Å²) in [6, 6.07) is 0. The first-order valence-corrected chi connectivity index (χ1v) is 2.34. The largest absolute Gasteiger partial charge is 0.338 e. The van der Waals surface area contributed by atoms with Crippen LogP contribution in [0.2, 0.25) is 0 Å². The highest BCUT2D eigenvalue weighted by Gasteiger charge is 1.79. The Kier molecular flexibility index (Phi) is 1.34. The van der Waals surface area contributed by atoms with E-state index in [-0.39, 0.29) is 0 Å². The Bertz CT molecular complexity index is 200. The molecule has 1 heterocycles. The van der Waals surface area contributed by atoms with E-state index in [1.807, 2.05) is 0 Å². The molecule has 2 nitrogen and oxygen atoms in total. The molecule has 0 bridgehead atoms. The van der Waals surface area contributed by atoms with Crippen molar-refractivity contribution in [2.75, 3.05) is 0 Å². The summed E-state index contributed by atoms with van der Waals surface area (Å²) in [5.41, 5.74) is 0.868. The number of imidazole rings is 1. The van der Waals surface area contributed by atoms with Gasteiger partial charge in [-0.05, 0) is 12.8 Å². The highest BCUT2D eigenvalue weighted by Crippen LogP contribution is 1.83. The van der Waals surface area contributed by atoms with Crippen molar-refractivity contribution in [3.63, 3.8) is 0 Å². The summed E-state index contributed by atoms with van der Waals surface area (Å²) < 4.78 is 0. The van der Waals surface area contributed by atoms with Gasteiger partial charge in [0.1, 0.15) is 5.69 Å². The fraction of sp³-hybridized carbons (Fsp3) is 0.167. The summed E-state index contributed by atoms with van der Waals surface area (Å²) in [7, 11) is 0. The Morgan fingerprint density at radius 2 is 2.62 bits per heavy atom. The number of aromatic nitrogens is 2. The van der Waals surface area contributed by atoms with Crippen molar-refractivity contribution in [1.29, 1.82) is 0 Å². The van der Waals surface area contributed by atoms with Gasteiger partial charge in [-0.15, -0.1) is 0 Å². The molecule has 0 saturated heterocycles. The third-order valence-corrected chi connectivity index (χ3v) is 0.758. The first kappa shape index (κ1) is 4.92. The van der Waals surface area contributed by atoms with Gasteiger partial charge in [0.15, 0.2) is 0 Å². The van der Waals surface area contributed by atoms with Crippen molar-refractivity contribution in [2.45, 2.75) is 6.92 Å². The van der Waals surface area contributed by atoms with Crippen molar-refractivity contribution >= 4 is 0 Å². The van der Waals surface area contributed by atoms with E-state index < -0.39 is 0 Å². The Hall–Kier alpha value is -1.23. The molecular formula is C6H6N2. The van der Waals surface area contributed by atoms with Gasteiger partial charge < -0.3 is 4.98 Å². The zero-order valence-corrected chi connectivity index (χ0v) is 4.60. The molecule has 0 aliphatic carbocycles. The monoisotopic (exact) mass is 106 g/mol. The molecule has 0 saturated carbocycles. The first-order chi connectivity index (χ1) is 3.93. The maximum atomic E-state index is 3.78. The second-order valence-electron chi connectivity index (χ2n) is 1.34. The standard InChI is InChI=1S/C6H6N2/c1-2-3-6-4-7-5-8-6/h4-5H,1H3,(H,7,8). The van der Waals surface area contributed by atoms with E-state index in [9.17, 15) is 0 Å². The van der Waals surface area contributed by atoms with Gasteiger partial charge in [-0.25, -0.2) is 4.98 Å². The quantitative estimate of drug-likeness (QED) is 0.486. The smallest absolute Gasteiger partial charge is 0.109 e. The predicted molar refractivity (Wildman–Crippen MR) is 31.1 cm³/mol. The van der Waals surface area contributed by atoms with Crippen molar-refractivity contribution in [1.82, 2.24) is 9.97 Å². The predicted octanol–water partition coefficient (Wildman–Crippen LogP) is 0.781. The normalized spacial score (nSPS) is 7.62. The van der Waals surface area contributed by atoms with E-state index in [1.165, 1.54) is 0 Å². The lowest BCUT2D eigenvalue weighted by Crippen LogP contribution is -1.66. The van der Waals surface area contributed by atoms with Crippen LogP contribution in [0.1, 0.15) is 12.6 Å². The van der Waals surface area contributed by atoms with Crippen LogP contribution in [0.25, 0.3) is 0 Å². The van der Waals surface area contributed by atoms with Crippen LogP contribution in [0.3, 0.4) is 0 Å². The lowest BCUT2D eigenvalue weighted by Gasteiger charge is -1.70. The molecule has 0 aromatic carbocycles. The maximum absolute atomic E-state index is 3.78. The summed E-state index contributed by atoms with van der Waals surface area (Å²) in [4.78, 5) is 6.64. The second kappa shape index (κ2) is 2.17. The Balaban J connectivity index is 2.88. The maximum Gasteiger partial charge on any atom is 0.109 e. The highest BCUT2D eigenvalue weighted by atomic mass is 14.8. The third kappa shape index (κ3) is 0.881. The summed E-state index contributed by atoms with van der Waals surface area (Å²) in [5.74, 6) is 5.57. The molecule has 1 aromatic rings. The fourth-order valence-electron chi connectivity index (χ4n) is 0.459. The van der Waals surface area contributed by atoms with Crippen LogP contribution in [0.4, 0.5) is 0 Å². The summed E-state index contributed by atoms with van der Waals surface area (Å²) in [6.07, 6.45) is 3.30. The molecule has 0 spiro atoms. The molecule has 0 aliphatic heterocycles. The SMILES string of the molecule is CC#Cc1cnc[nH]1. The zero-order valence-electron chi connectivity index (χ0n) is 4.60. The molecule has 0 fully saturated rings. The van der Waals surface area contributed by atoms with E-state index in [4.69, 9.17) is 0 Å². The molecule has 2 heteroatoms. The fourth-order valence-corrected chi connectivity index (χ4v) is 0.459. The van der Waals surface area contributed by atoms with E-state index in [0.29, 0.717) is 0 Å². The number of nitrogens with zero attached hydrogens (tertiary/aromatic N) is 1. The summed E-state index contributed by atoms with van der Waals surface area (Å²) >= 11 is 0. The Labute approximate surface area is 48.0 Å². The van der Waals surface area contributed by atoms with Gasteiger partial charge in [0.2, 0.25) is 0 Å². The van der Waals surface area contributed by atoms with Gasteiger partial charge in [0.25, 0.3) is 0 Å².